The van der Waals surface area contributed by atoms with Crippen LogP contribution in [0, 0.1) is 0 Å². The normalized spacial score (nSPS) is 33.2. The Balaban J connectivity index is 1.12. The number of aliphatic hydroxyl groups is 10. The zero-order chi connectivity index (χ0) is 61.8. The molecule has 1 aromatic heterocycles. The molecule has 5 heterocycles. The molecule has 20 atom stereocenters. The number of rotatable bonds is 18. The maximum absolute atomic E-state index is 14.8. The number of hydrogen-bond donors (Lipinski definition) is 15. The Morgan fingerprint density at radius 1 is 0.500 bits per heavy atom. The number of fused-ring (bicyclic) bond motifs is 1. The Kier molecular flexibility index (Phi) is 19.9. The van der Waals surface area contributed by atoms with E-state index in [9.17, 15) is 91.0 Å². The molecule has 5 aromatic rings. The van der Waals surface area contributed by atoms with Gasteiger partial charge in [0.2, 0.25) is 17.5 Å². The summed E-state index contributed by atoms with van der Waals surface area (Å²) in [6, 6.07) is 18.1. The number of esters is 2. The summed E-state index contributed by atoms with van der Waals surface area (Å²) in [5.74, 6) is -5.00. The molecule has 4 aliphatic heterocycles. The van der Waals surface area contributed by atoms with Crippen LogP contribution >= 0.6 is 0 Å². The van der Waals surface area contributed by atoms with Crippen LogP contribution in [0.25, 0.3) is 34.4 Å². The molecule has 29 nitrogen and oxygen atoms in total. The quantitative estimate of drug-likeness (QED) is 0.0340. The van der Waals surface area contributed by atoms with Crippen LogP contribution in [0.2, 0.25) is 0 Å². The molecule has 464 valence electrons. The predicted molar refractivity (Wildman–Crippen MR) is 286 cm³/mol. The van der Waals surface area contributed by atoms with E-state index in [1.54, 1.807) is 0 Å². The lowest BCUT2D eigenvalue weighted by molar-refractivity contribution is -0.400. The van der Waals surface area contributed by atoms with Gasteiger partial charge in [-0.3, -0.25) is 4.79 Å². The van der Waals surface area contributed by atoms with Crippen molar-refractivity contribution < 1.29 is 138 Å². The first kappa shape index (κ1) is 63.1. The van der Waals surface area contributed by atoms with Crippen molar-refractivity contribution in [1.29, 1.82) is 0 Å². The molecule has 0 unspecified atom stereocenters. The van der Waals surface area contributed by atoms with Crippen molar-refractivity contribution in [3.05, 3.63) is 118 Å². The second-order valence-corrected chi connectivity index (χ2v) is 20.4. The van der Waals surface area contributed by atoms with Crippen molar-refractivity contribution >= 4 is 35.1 Å². The third-order valence-corrected chi connectivity index (χ3v) is 14.5. The molecule has 0 aliphatic carbocycles. The van der Waals surface area contributed by atoms with Gasteiger partial charge in [0.1, 0.15) is 138 Å². The minimum atomic E-state index is -2.30. The monoisotopic (exact) mass is 1210 g/mol. The Bertz CT molecular complexity index is 3240. The lowest BCUT2D eigenvalue weighted by Gasteiger charge is -2.50. The minimum absolute atomic E-state index is 0.00453. The summed E-state index contributed by atoms with van der Waals surface area (Å²) < 4.78 is 66.3. The van der Waals surface area contributed by atoms with Gasteiger partial charge < -0.3 is 128 Å². The van der Waals surface area contributed by atoms with E-state index in [1.807, 2.05) is 0 Å². The van der Waals surface area contributed by atoms with Crippen molar-refractivity contribution in [2.45, 2.75) is 130 Å². The fraction of sp³-hybridized carbons (Fsp3) is 0.421. The number of carbonyl (C=O) groups excluding carboxylic acids is 2. The fourth-order valence-corrected chi connectivity index (χ4v) is 9.75. The van der Waals surface area contributed by atoms with Crippen LogP contribution in [0.3, 0.4) is 0 Å². The fourth-order valence-electron chi connectivity index (χ4n) is 9.75. The molecule has 4 aromatic carbocycles. The van der Waals surface area contributed by atoms with Gasteiger partial charge in [-0.2, -0.15) is 0 Å². The SMILES string of the molecule is C[C@@H]1O[C@@H](Oc2c(-c3ccc(O)cc3)oc3cc(O)cc(O)c3c2=O)[C@H](O[C@@H]2O[C@H](COC(=O)C=Cc3ccc(O)cc3)[C@@H](O)[C@H](O)[C@H]2O)[C@H](O[C@@H]2O[C@H](COC(=O)C=Cc3ccc(O)cc3)[C@@H](O)[C@H](O)[C@H]2O)[C@H]1O[C@@H]1O[C@H](CO)[C@@H](O)[C@H](O)[C@H]1O. The van der Waals surface area contributed by atoms with Crippen LogP contribution in [0.4, 0.5) is 0 Å². The van der Waals surface area contributed by atoms with Crippen LogP contribution in [0.15, 0.2) is 106 Å². The Labute approximate surface area is 485 Å². The van der Waals surface area contributed by atoms with Gasteiger partial charge in [0, 0.05) is 29.8 Å². The van der Waals surface area contributed by atoms with E-state index in [-0.39, 0.29) is 22.8 Å². The first-order valence-corrected chi connectivity index (χ1v) is 26.6. The number of ether oxygens (including phenoxy) is 10. The second kappa shape index (κ2) is 27.1. The summed E-state index contributed by atoms with van der Waals surface area (Å²) in [4.78, 5) is 40.7. The van der Waals surface area contributed by atoms with Crippen LogP contribution in [0.1, 0.15) is 18.1 Å². The number of hydrogen-bond acceptors (Lipinski definition) is 29. The van der Waals surface area contributed by atoms with Crippen molar-refractivity contribution in [1.82, 2.24) is 0 Å². The highest BCUT2D eigenvalue weighted by Gasteiger charge is 2.57. The molecule has 4 aliphatic rings. The first-order valence-electron chi connectivity index (χ1n) is 26.6. The summed E-state index contributed by atoms with van der Waals surface area (Å²) in [6.07, 6.45) is -36.2. The summed E-state index contributed by atoms with van der Waals surface area (Å²) in [5.41, 5.74) is -0.620. The Morgan fingerprint density at radius 2 is 0.930 bits per heavy atom. The van der Waals surface area contributed by atoms with E-state index in [1.165, 1.54) is 91.9 Å². The summed E-state index contributed by atoms with van der Waals surface area (Å²) >= 11 is 0. The third kappa shape index (κ3) is 14.0. The van der Waals surface area contributed by atoms with E-state index in [4.69, 9.17) is 51.8 Å². The first-order chi connectivity index (χ1) is 41.0. The largest absolute Gasteiger partial charge is 0.508 e. The molecule has 0 spiro atoms. The number of carbonyl (C=O) groups is 2. The van der Waals surface area contributed by atoms with E-state index in [0.29, 0.717) is 11.1 Å². The van der Waals surface area contributed by atoms with Gasteiger partial charge in [-0.15, -0.1) is 0 Å². The number of phenols is 5. The third-order valence-electron chi connectivity index (χ3n) is 14.5. The van der Waals surface area contributed by atoms with Gasteiger partial charge in [-0.1, -0.05) is 24.3 Å². The van der Waals surface area contributed by atoms with Gasteiger partial charge in [0.25, 0.3) is 0 Å². The van der Waals surface area contributed by atoms with Crippen LogP contribution in [-0.2, 0) is 52.2 Å². The molecule has 0 saturated carbocycles. The molecule has 9 rings (SSSR count). The van der Waals surface area contributed by atoms with Crippen molar-refractivity contribution in [3.8, 4) is 45.8 Å². The van der Waals surface area contributed by atoms with Gasteiger partial charge in [0.15, 0.2) is 30.7 Å². The van der Waals surface area contributed by atoms with E-state index in [2.05, 4.69) is 0 Å². The molecule has 0 bridgehead atoms. The molecular formula is C57H62O29. The van der Waals surface area contributed by atoms with Gasteiger partial charge >= 0.3 is 11.9 Å². The molecule has 0 amide bonds. The molecule has 29 heteroatoms. The number of phenolic OH excluding ortho intramolecular Hbond substituents is 5. The molecule has 15 N–H and O–H groups in total. The topological polar surface area (TPSA) is 460 Å². The highest BCUT2D eigenvalue weighted by molar-refractivity contribution is 5.89. The van der Waals surface area contributed by atoms with Gasteiger partial charge in [-0.05, 0) is 78.7 Å². The maximum atomic E-state index is 14.8. The maximum Gasteiger partial charge on any atom is 0.330 e. The predicted octanol–water partition coefficient (Wildman–Crippen LogP) is -1.80. The van der Waals surface area contributed by atoms with E-state index in [0.717, 1.165) is 24.3 Å². The Hall–Kier alpha value is -7.37. The number of benzene rings is 4. The molecule has 0 radical (unpaired) electrons. The summed E-state index contributed by atoms with van der Waals surface area (Å²) in [5, 5.41) is 162. The van der Waals surface area contributed by atoms with E-state index >= 15 is 0 Å². The standard InChI is InChI=1S/C57H62O29/c1-23-49(83-54-46(73)43(70)39(66)33(20-58)80-54)52(85-55-47(74)44(71)40(67)34(81-55)21-76-36(64)16-6-24-2-10-27(59)11-3-24)53(86-56-48(75)45(72)41(68)35(82-56)22-77-37(65)17-7-25-4-12-28(60)13-5-25)57(78-23)84-51-42(69)38-31(63)18-30(62)19-32(38)79-50(51)26-8-14-29(61)15-9-26/h2-19,23,33-35,39-41,43-49,52-63,66-68,70-75H,20-22H2,1H3/t23-,33+,34+,35+,39+,40+,41+,43-,44-,45-,46+,47+,48+,49-,52+,53+,54-,55-,56-,57-/m0/s1. The summed E-state index contributed by atoms with van der Waals surface area (Å²) in [6.45, 7) is -1.37. The van der Waals surface area contributed by atoms with E-state index < -0.39 is 194 Å². The highest BCUT2D eigenvalue weighted by atomic mass is 16.8. The average molecular weight is 1210 g/mol. The molecular weight excluding hydrogens is 1150 g/mol. The van der Waals surface area contributed by atoms with Crippen LogP contribution in [0.5, 0.6) is 34.5 Å². The van der Waals surface area contributed by atoms with Crippen LogP contribution < -0.4 is 10.2 Å². The van der Waals surface area contributed by atoms with Gasteiger partial charge in [-0.25, -0.2) is 9.59 Å². The average Bonchev–Trinajstić information content (AvgIpc) is 3.60. The zero-order valence-corrected chi connectivity index (χ0v) is 45.0. The number of aliphatic hydroxyl groups excluding tert-OH is 10. The zero-order valence-electron chi connectivity index (χ0n) is 45.0. The van der Waals surface area contributed by atoms with Crippen molar-refractivity contribution in [2.75, 3.05) is 19.8 Å². The smallest absolute Gasteiger partial charge is 0.330 e. The lowest BCUT2D eigenvalue weighted by atomic mass is 9.95. The lowest BCUT2D eigenvalue weighted by Crippen LogP contribution is -2.68. The Morgan fingerprint density at radius 3 is 1.41 bits per heavy atom. The second-order valence-electron chi connectivity index (χ2n) is 20.4. The molecule has 4 fully saturated rings. The molecule has 86 heavy (non-hydrogen) atoms. The molecule has 4 saturated heterocycles. The highest BCUT2D eigenvalue weighted by Crippen LogP contribution is 2.41. The van der Waals surface area contributed by atoms with Crippen LogP contribution in [-0.4, -0.2) is 231 Å². The van der Waals surface area contributed by atoms with Crippen molar-refractivity contribution in [2.24, 2.45) is 0 Å². The van der Waals surface area contributed by atoms with Crippen molar-refractivity contribution in [3.63, 3.8) is 0 Å². The van der Waals surface area contributed by atoms with Gasteiger partial charge in [0.05, 0.1) is 12.7 Å². The number of aromatic hydroxyl groups is 5. The minimum Gasteiger partial charge on any atom is -0.508 e. The summed E-state index contributed by atoms with van der Waals surface area (Å²) in [7, 11) is 0.